The minimum Gasteiger partial charge on any atom is -0.464 e. The molecule has 0 saturated heterocycles. The van der Waals surface area contributed by atoms with E-state index >= 15 is 0 Å². The molecule has 0 radical (unpaired) electrons. The van der Waals surface area contributed by atoms with Gasteiger partial charge in [-0.25, -0.2) is 0 Å². The van der Waals surface area contributed by atoms with E-state index in [1.807, 2.05) is 12.1 Å². The van der Waals surface area contributed by atoms with Crippen LogP contribution in [0.5, 0.6) is 0 Å². The van der Waals surface area contributed by atoms with Crippen LogP contribution in [-0.2, 0) is 6.42 Å². The van der Waals surface area contributed by atoms with Crippen molar-refractivity contribution in [1.29, 1.82) is 0 Å². The Kier molecular flexibility index (Phi) is 3.02. The largest absolute Gasteiger partial charge is 0.464 e. The van der Waals surface area contributed by atoms with Crippen LogP contribution in [0, 0.1) is 0 Å². The highest BCUT2D eigenvalue weighted by Crippen LogP contribution is 2.37. The van der Waals surface area contributed by atoms with Gasteiger partial charge in [0, 0.05) is 16.3 Å². The zero-order chi connectivity index (χ0) is 12.5. The molecule has 2 N–H and O–H groups in total. The summed E-state index contributed by atoms with van der Waals surface area (Å²) in [4.78, 5) is 0. The molecule has 1 aromatic carbocycles. The van der Waals surface area contributed by atoms with E-state index in [9.17, 15) is 0 Å². The molecule has 0 unspecified atom stereocenters. The molecule has 0 aliphatic rings. The topological polar surface area (TPSA) is 52.3 Å². The molecule has 0 aliphatic heterocycles. The Labute approximate surface area is 109 Å². The number of hydrogen-bond donors (Lipinski definition) is 1. The smallest absolute Gasteiger partial charge is 0.153 e. The van der Waals surface area contributed by atoms with Crippen molar-refractivity contribution in [2.75, 3.05) is 6.54 Å². The summed E-state index contributed by atoms with van der Waals surface area (Å²) >= 11 is 6.32. The number of aryl methyl sites for hydroxylation is 1. The fourth-order valence-corrected chi connectivity index (χ4v) is 2.67. The Hall–Kier alpha value is -1.45. The van der Waals surface area contributed by atoms with Gasteiger partial charge in [-0.15, -0.1) is 0 Å². The molecule has 0 spiro atoms. The minimum absolute atomic E-state index is 0.626. The number of rotatable bonds is 4. The van der Waals surface area contributed by atoms with Crippen LogP contribution < -0.4 is 5.73 Å². The van der Waals surface area contributed by atoms with Crippen LogP contribution in [0.15, 0.2) is 33.5 Å². The average molecular weight is 264 g/mol. The van der Waals surface area contributed by atoms with Gasteiger partial charge in [-0.05, 0) is 37.9 Å². The highest BCUT2D eigenvalue weighted by Gasteiger charge is 2.16. The number of nitrogens with two attached hydrogens (primary N) is 1. The first-order valence-corrected chi connectivity index (χ1v) is 6.45. The molecule has 2 heterocycles. The van der Waals surface area contributed by atoms with Crippen LogP contribution in [0.3, 0.4) is 0 Å². The number of unbranched alkanes of at least 4 members (excludes halogenated alkanes) is 1. The van der Waals surface area contributed by atoms with Gasteiger partial charge in [0.1, 0.15) is 5.58 Å². The molecule has 3 aromatic rings. The molecule has 0 atom stereocenters. The van der Waals surface area contributed by atoms with Crippen LogP contribution >= 0.6 is 11.6 Å². The zero-order valence-electron chi connectivity index (χ0n) is 9.91. The Morgan fingerprint density at radius 3 is 2.50 bits per heavy atom. The Morgan fingerprint density at radius 1 is 1.00 bits per heavy atom. The van der Waals surface area contributed by atoms with Gasteiger partial charge < -0.3 is 14.6 Å². The predicted molar refractivity (Wildman–Crippen MR) is 73.0 cm³/mol. The lowest BCUT2D eigenvalue weighted by molar-refractivity contribution is 0.606. The fourth-order valence-electron chi connectivity index (χ4n) is 2.37. The molecule has 3 rings (SSSR count). The number of halogens is 1. The molecule has 3 nitrogen and oxygen atoms in total. The second-order valence-electron chi connectivity index (χ2n) is 4.37. The van der Waals surface area contributed by atoms with Gasteiger partial charge in [0.05, 0.1) is 17.5 Å². The summed E-state index contributed by atoms with van der Waals surface area (Å²) in [6, 6.07) is 3.83. The fraction of sp³-hybridized carbons (Fsp3) is 0.286. The van der Waals surface area contributed by atoms with Crippen LogP contribution in [0.25, 0.3) is 21.9 Å². The van der Waals surface area contributed by atoms with E-state index < -0.39 is 0 Å². The van der Waals surface area contributed by atoms with Gasteiger partial charge in [-0.2, -0.15) is 0 Å². The molecular formula is C14H14ClNO2. The third-order valence-electron chi connectivity index (χ3n) is 3.25. The number of fused-ring (bicyclic) bond motifs is 2. The number of benzene rings is 1. The maximum atomic E-state index is 6.32. The van der Waals surface area contributed by atoms with Crippen molar-refractivity contribution in [3.63, 3.8) is 0 Å². The first-order chi connectivity index (χ1) is 8.83. The molecule has 0 aliphatic carbocycles. The van der Waals surface area contributed by atoms with Gasteiger partial charge >= 0.3 is 0 Å². The summed E-state index contributed by atoms with van der Waals surface area (Å²) in [6.07, 6.45) is 6.30. The van der Waals surface area contributed by atoms with E-state index in [0.717, 1.165) is 46.8 Å². The van der Waals surface area contributed by atoms with Gasteiger partial charge in [-0.3, -0.25) is 0 Å². The summed E-state index contributed by atoms with van der Waals surface area (Å²) in [5, 5.41) is 2.59. The highest BCUT2D eigenvalue weighted by molar-refractivity contribution is 6.40. The van der Waals surface area contributed by atoms with Gasteiger partial charge in [-0.1, -0.05) is 11.6 Å². The van der Waals surface area contributed by atoms with Crippen molar-refractivity contribution in [2.24, 2.45) is 5.73 Å². The second kappa shape index (κ2) is 4.67. The quantitative estimate of drug-likeness (QED) is 0.721. The van der Waals surface area contributed by atoms with Crippen LogP contribution in [0.4, 0.5) is 0 Å². The highest BCUT2D eigenvalue weighted by atomic mass is 35.5. The van der Waals surface area contributed by atoms with E-state index in [4.69, 9.17) is 26.2 Å². The third kappa shape index (κ3) is 1.71. The molecule has 94 valence electrons. The van der Waals surface area contributed by atoms with Crippen molar-refractivity contribution in [3.8, 4) is 0 Å². The van der Waals surface area contributed by atoms with Crippen molar-refractivity contribution >= 4 is 33.5 Å². The summed E-state index contributed by atoms with van der Waals surface area (Å²) in [5.41, 5.74) is 8.31. The molecule has 4 heteroatoms. The van der Waals surface area contributed by atoms with Gasteiger partial charge in [0.2, 0.25) is 0 Å². The molecule has 18 heavy (non-hydrogen) atoms. The SMILES string of the molecule is NCCCCc1c2ccoc2c(Cl)c2ccoc12. The average Bonchev–Trinajstić information content (AvgIpc) is 3.02. The first-order valence-electron chi connectivity index (χ1n) is 6.07. The van der Waals surface area contributed by atoms with Crippen molar-refractivity contribution < 1.29 is 8.83 Å². The van der Waals surface area contributed by atoms with Crippen molar-refractivity contribution in [2.45, 2.75) is 19.3 Å². The maximum absolute atomic E-state index is 6.32. The van der Waals surface area contributed by atoms with Gasteiger partial charge in [0.15, 0.2) is 5.58 Å². The monoisotopic (exact) mass is 263 g/mol. The second-order valence-corrected chi connectivity index (χ2v) is 4.74. The lowest BCUT2D eigenvalue weighted by Gasteiger charge is -2.05. The summed E-state index contributed by atoms with van der Waals surface area (Å²) < 4.78 is 11.1. The molecule has 0 amide bonds. The Morgan fingerprint density at radius 2 is 1.72 bits per heavy atom. The molecule has 0 fully saturated rings. The molecule has 0 bridgehead atoms. The Bertz CT molecular complexity index is 632. The van der Waals surface area contributed by atoms with Crippen LogP contribution in [-0.4, -0.2) is 6.54 Å². The zero-order valence-corrected chi connectivity index (χ0v) is 10.7. The lowest BCUT2D eigenvalue weighted by Crippen LogP contribution is -1.99. The van der Waals surface area contributed by atoms with E-state index in [2.05, 4.69) is 0 Å². The van der Waals surface area contributed by atoms with E-state index in [1.54, 1.807) is 12.5 Å². The minimum atomic E-state index is 0.626. The van der Waals surface area contributed by atoms with E-state index in [1.165, 1.54) is 0 Å². The van der Waals surface area contributed by atoms with Crippen LogP contribution in [0.2, 0.25) is 5.02 Å². The van der Waals surface area contributed by atoms with Crippen molar-refractivity contribution in [1.82, 2.24) is 0 Å². The van der Waals surface area contributed by atoms with Crippen LogP contribution in [0.1, 0.15) is 18.4 Å². The number of hydrogen-bond acceptors (Lipinski definition) is 3. The molecular weight excluding hydrogens is 250 g/mol. The third-order valence-corrected chi connectivity index (χ3v) is 3.62. The van der Waals surface area contributed by atoms with E-state index in [0.29, 0.717) is 11.6 Å². The maximum Gasteiger partial charge on any atom is 0.153 e. The lowest BCUT2D eigenvalue weighted by atomic mass is 10.0. The molecule has 0 saturated carbocycles. The van der Waals surface area contributed by atoms with E-state index in [-0.39, 0.29) is 0 Å². The Balaban J connectivity index is 2.20. The van der Waals surface area contributed by atoms with Crippen molar-refractivity contribution in [3.05, 3.63) is 35.2 Å². The standard InChI is InChI=1S/C14H14ClNO2/c15-12-11-5-8-17-13(11)9(3-1-2-6-16)10-4-7-18-14(10)12/h4-5,7-8H,1-3,6,16H2. The summed E-state index contributed by atoms with van der Waals surface area (Å²) in [5.74, 6) is 0. The van der Waals surface area contributed by atoms with Gasteiger partial charge in [0.25, 0.3) is 0 Å². The summed E-state index contributed by atoms with van der Waals surface area (Å²) in [6.45, 7) is 0.712. The normalized spacial score (nSPS) is 11.7. The number of furan rings is 2. The molecule has 2 aromatic heterocycles. The first kappa shape index (κ1) is 11.6. The predicted octanol–water partition coefficient (Wildman–Crippen LogP) is 4.11. The summed E-state index contributed by atoms with van der Waals surface area (Å²) in [7, 11) is 0.